The Bertz CT molecular complexity index is 1420. The molecule has 160 valence electrons. The zero-order chi connectivity index (χ0) is 22.1. The van der Waals surface area contributed by atoms with Gasteiger partial charge in [0, 0.05) is 28.2 Å². The molecule has 0 atom stereocenters. The molecule has 0 spiro atoms. The minimum absolute atomic E-state index is 0.316. The monoisotopic (exact) mass is 430 g/mol. The lowest BCUT2D eigenvalue weighted by molar-refractivity contribution is 0.356. The highest BCUT2D eigenvalue weighted by Gasteiger charge is 2.14. The van der Waals surface area contributed by atoms with Crippen molar-refractivity contribution >= 4 is 44.9 Å². The first kappa shape index (κ1) is 19.6. The number of hydrogen-bond acceptors (Lipinski definition) is 7. The number of aromatic amines is 1. The number of aromatic nitrogens is 4. The van der Waals surface area contributed by atoms with Gasteiger partial charge >= 0.3 is 0 Å². The fourth-order valence-electron chi connectivity index (χ4n) is 3.43. The lowest BCUT2D eigenvalue weighted by Gasteiger charge is -2.14. The first-order valence-corrected chi connectivity index (χ1v) is 9.79. The van der Waals surface area contributed by atoms with Gasteiger partial charge in [0.15, 0.2) is 11.5 Å². The van der Waals surface area contributed by atoms with Crippen molar-refractivity contribution in [2.24, 2.45) is 0 Å². The minimum atomic E-state index is -0.316. The van der Waals surface area contributed by atoms with Gasteiger partial charge in [0.1, 0.15) is 11.6 Å². The van der Waals surface area contributed by atoms with Crippen molar-refractivity contribution in [2.45, 2.75) is 0 Å². The highest BCUT2D eigenvalue weighted by molar-refractivity contribution is 5.95. The summed E-state index contributed by atoms with van der Waals surface area (Å²) in [6, 6.07) is 15.4. The van der Waals surface area contributed by atoms with Crippen molar-refractivity contribution < 1.29 is 13.9 Å². The quantitative estimate of drug-likeness (QED) is 0.343. The summed E-state index contributed by atoms with van der Waals surface area (Å²) in [6.45, 7) is 0. The first-order chi connectivity index (χ1) is 15.6. The van der Waals surface area contributed by atoms with E-state index in [0.29, 0.717) is 34.5 Å². The molecule has 0 unspecified atom stereocenters. The largest absolute Gasteiger partial charge is 0.493 e. The summed E-state index contributed by atoms with van der Waals surface area (Å²) >= 11 is 0. The first-order valence-electron chi connectivity index (χ1n) is 9.79. The van der Waals surface area contributed by atoms with Crippen LogP contribution in [0.4, 0.5) is 27.5 Å². The number of ether oxygens (including phenoxy) is 2. The summed E-state index contributed by atoms with van der Waals surface area (Å²) in [5.41, 5.74) is 3.08. The van der Waals surface area contributed by atoms with E-state index in [1.165, 1.54) is 12.1 Å². The van der Waals surface area contributed by atoms with E-state index in [2.05, 4.69) is 30.8 Å². The number of fused-ring (bicyclic) bond motifs is 2. The van der Waals surface area contributed by atoms with Gasteiger partial charge in [-0.15, -0.1) is 0 Å². The summed E-state index contributed by atoms with van der Waals surface area (Å²) in [5.74, 6) is 1.73. The Morgan fingerprint density at radius 3 is 2.38 bits per heavy atom. The highest BCUT2D eigenvalue weighted by atomic mass is 19.1. The maximum Gasteiger partial charge on any atom is 0.229 e. The predicted molar refractivity (Wildman–Crippen MR) is 122 cm³/mol. The topological polar surface area (TPSA) is 97.0 Å². The van der Waals surface area contributed by atoms with E-state index in [4.69, 9.17) is 9.47 Å². The third-order valence-corrected chi connectivity index (χ3v) is 5.00. The number of H-pyrrole nitrogens is 1. The summed E-state index contributed by atoms with van der Waals surface area (Å²) in [4.78, 5) is 9.28. The van der Waals surface area contributed by atoms with Crippen LogP contribution in [0.2, 0.25) is 0 Å². The van der Waals surface area contributed by atoms with Gasteiger partial charge in [-0.25, -0.2) is 9.37 Å². The van der Waals surface area contributed by atoms with E-state index in [1.54, 1.807) is 38.6 Å². The molecular formula is C23H19FN6O2. The second-order valence-corrected chi connectivity index (χ2v) is 7.05. The SMILES string of the molecule is COc1cc2nc(Nc3ccc(F)cc3)nc(Nc3ccc4[nH]ncc4c3)c2cc1OC. The fourth-order valence-corrected chi connectivity index (χ4v) is 3.43. The molecule has 32 heavy (non-hydrogen) atoms. The molecule has 0 saturated carbocycles. The van der Waals surface area contributed by atoms with E-state index in [9.17, 15) is 4.39 Å². The molecule has 3 aromatic carbocycles. The normalized spacial score (nSPS) is 11.0. The van der Waals surface area contributed by atoms with Gasteiger partial charge in [-0.2, -0.15) is 10.1 Å². The van der Waals surface area contributed by atoms with E-state index in [0.717, 1.165) is 22.0 Å². The van der Waals surface area contributed by atoms with Crippen LogP contribution in [0.15, 0.2) is 60.8 Å². The van der Waals surface area contributed by atoms with Crippen molar-refractivity contribution in [1.82, 2.24) is 20.2 Å². The number of nitrogens with zero attached hydrogens (tertiary/aromatic N) is 3. The molecule has 5 aromatic rings. The van der Waals surface area contributed by atoms with Crippen LogP contribution in [0, 0.1) is 5.82 Å². The van der Waals surface area contributed by atoms with E-state index >= 15 is 0 Å². The average molecular weight is 430 g/mol. The van der Waals surface area contributed by atoms with Crippen LogP contribution in [-0.4, -0.2) is 34.4 Å². The third kappa shape index (κ3) is 3.71. The maximum absolute atomic E-state index is 13.3. The second kappa shape index (κ2) is 8.03. The van der Waals surface area contributed by atoms with Crippen molar-refractivity contribution in [1.29, 1.82) is 0 Å². The van der Waals surface area contributed by atoms with Crippen LogP contribution in [-0.2, 0) is 0 Å². The maximum atomic E-state index is 13.3. The van der Waals surface area contributed by atoms with Gasteiger partial charge in [-0.1, -0.05) is 0 Å². The van der Waals surface area contributed by atoms with Crippen LogP contribution in [0.25, 0.3) is 21.8 Å². The number of methoxy groups -OCH3 is 2. The van der Waals surface area contributed by atoms with Crippen molar-refractivity contribution in [2.75, 3.05) is 24.9 Å². The standard InChI is InChI=1S/C23H19FN6O2/c1-31-20-10-17-19(11-21(20)32-2)28-23(27-15-5-3-14(24)4-6-15)29-22(17)26-16-7-8-18-13(9-16)12-25-30-18/h3-12H,1-2H3,(H,25,30)(H2,26,27,28,29). The molecule has 3 N–H and O–H groups in total. The Labute approximate surface area is 182 Å². The summed E-state index contributed by atoms with van der Waals surface area (Å²) in [5, 5.41) is 15.2. The molecule has 9 heteroatoms. The average Bonchev–Trinajstić information content (AvgIpc) is 3.27. The molecule has 0 fully saturated rings. The fraction of sp³-hybridized carbons (Fsp3) is 0.0870. The molecule has 0 aliphatic carbocycles. The van der Waals surface area contributed by atoms with Gasteiger partial charge in [0.05, 0.1) is 31.4 Å². The van der Waals surface area contributed by atoms with Gasteiger partial charge in [0.25, 0.3) is 0 Å². The van der Waals surface area contributed by atoms with Crippen LogP contribution in [0.1, 0.15) is 0 Å². The lowest BCUT2D eigenvalue weighted by atomic mass is 10.2. The molecule has 0 radical (unpaired) electrons. The number of halogens is 1. The number of hydrogen-bond donors (Lipinski definition) is 3. The molecule has 5 rings (SSSR count). The smallest absolute Gasteiger partial charge is 0.229 e. The van der Waals surface area contributed by atoms with Crippen LogP contribution < -0.4 is 20.1 Å². The van der Waals surface area contributed by atoms with Gasteiger partial charge in [0.2, 0.25) is 5.95 Å². The Balaban J connectivity index is 1.62. The number of nitrogens with one attached hydrogen (secondary N) is 3. The van der Waals surface area contributed by atoms with E-state index in [1.807, 2.05) is 24.3 Å². The molecule has 0 aliphatic heterocycles. The predicted octanol–water partition coefficient (Wildman–Crippen LogP) is 5.15. The number of benzene rings is 3. The molecule has 0 saturated heterocycles. The number of rotatable bonds is 6. The van der Waals surface area contributed by atoms with E-state index < -0.39 is 0 Å². The summed E-state index contributed by atoms with van der Waals surface area (Å²) in [7, 11) is 3.15. The van der Waals surface area contributed by atoms with Crippen molar-refractivity contribution in [3.63, 3.8) is 0 Å². The van der Waals surface area contributed by atoms with Crippen molar-refractivity contribution in [3.05, 3.63) is 66.6 Å². The zero-order valence-electron chi connectivity index (χ0n) is 17.3. The molecule has 2 heterocycles. The summed E-state index contributed by atoms with van der Waals surface area (Å²) in [6.07, 6.45) is 1.76. The zero-order valence-corrected chi connectivity index (χ0v) is 17.3. The van der Waals surface area contributed by atoms with Crippen LogP contribution in [0.3, 0.4) is 0 Å². The Morgan fingerprint density at radius 1 is 0.844 bits per heavy atom. The van der Waals surface area contributed by atoms with Gasteiger partial charge < -0.3 is 20.1 Å². The molecule has 0 amide bonds. The van der Waals surface area contributed by atoms with Gasteiger partial charge in [-0.3, -0.25) is 5.10 Å². The minimum Gasteiger partial charge on any atom is -0.493 e. The molecular weight excluding hydrogens is 411 g/mol. The van der Waals surface area contributed by atoms with Gasteiger partial charge in [-0.05, 0) is 48.5 Å². The van der Waals surface area contributed by atoms with Crippen molar-refractivity contribution in [3.8, 4) is 11.5 Å². The second-order valence-electron chi connectivity index (χ2n) is 7.05. The number of anilines is 4. The van der Waals surface area contributed by atoms with Crippen LogP contribution in [0.5, 0.6) is 11.5 Å². The lowest BCUT2D eigenvalue weighted by Crippen LogP contribution is -2.03. The Kier molecular flexibility index (Phi) is 4.91. The van der Waals surface area contributed by atoms with E-state index in [-0.39, 0.29) is 5.82 Å². The Hall–Kier alpha value is -4.40. The molecule has 0 bridgehead atoms. The molecule has 8 nitrogen and oxygen atoms in total. The van der Waals surface area contributed by atoms with Crippen LogP contribution >= 0.6 is 0 Å². The molecule has 0 aliphatic rings. The third-order valence-electron chi connectivity index (χ3n) is 5.00. The summed E-state index contributed by atoms with van der Waals surface area (Å²) < 4.78 is 24.2. The Morgan fingerprint density at radius 2 is 1.59 bits per heavy atom. The molecule has 2 aromatic heterocycles. The highest BCUT2D eigenvalue weighted by Crippen LogP contribution is 2.36.